The summed E-state index contributed by atoms with van der Waals surface area (Å²) >= 11 is 0. The van der Waals surface area contributed by atoms with Crippen LogP contribution in [0.1, 0.15) is 38.3 Å². The van der Waals surface area contributed by atoms with E-state index in [1.807, 2.05) is 24.3 Å². The van der Waals surface area contributed by atoms with Crippen LogP contribution < -0.4 is 11.1 Å². The van der Waals surface area contributed by atoms with Crippen LogP contribution in [0.3, 0.4) is 0 Å². The van der Waals surface area contributed by atoms with Gasteiger partial charge in [-0.3, -0.25) is 4.79 Å². The van der Waals surface area contributed by atoms with Crippen molar-refractivity contribution in [1.82, 2.24) is 0 Å². The van der Waals surface area contributed by atoms with Gasteiger partial charge in [-0.05, 0) is 24.1 Å². The molecular formula is C12H19ClN2O. The summed E-state index contributed by atoms with van der Waals surface area (Å²) in [5.41, 5.74) is 7.90. The summed E-state index contributed by atoms with van der Waals surface area (Å²) in [6.07, 6.45) is 2.06. The van der Waals surface area contributed by atoms with Gasteiger partial charge in [0.05, 0.1) is 0 Å². The zero-order valence-corrected chi connectivity index (χ0v) is 10.5. The minimum Gasteiger partial charge on any atom is -0.326 e. The fourth-order valence-electron chi connectivity index (χ4n) is 1.49. The number of carbonyl (C=O) groups excluding carboxylic acids is 1. The first kappa shape index (κ1) is 14.9. The topological polar surface area (TPSA) is 55.1 Å². The van der Waals surface area contributed by atoms with Gasteiger partial charge in [-0.2, -0.15) is 0 Å². The molecule has 90 valence electrons. The highest BCUT2D eigenvalue weighted by Crippen LogP contribution is 2.18. The summed E-state index contributed by atoms with van der Waals surface area (Å²) in [5, 5.41) is 2.72. The molecule has 1 atom stereocenters. The largest absolute Gasteiger partial charge is 0.326 e. The zero-order valence-electron chi connectivity index (χ0n) is 9.69. The molecular weight excluding hydrogens is 224 g/mol. The Balaban J connectivity index is 0.00000225. The molecule has 0 bridgehead atoms. The third-order valence-electron chi connectivity index (χ3n) is 2.26. The van der Waals surface area contributed by atoms with Crippen LogP contribution >= 0.6 is 12.4 Å². The smallest absolute Gasteiger partial charge is 0.221 e. The van der Waals surface area contributed by atoms with Gasteiger partial charge in [0, 0.05) is 18.7 Å². The SMILES string of the molecule is CCC[C@H](N)c1ccc(NC(C)=O)cc1.Cl. The monoisotopic (exact) mass is 242 g/mol. The van der Waals surface area contributed by atoms with Crippen molar-refractivity contribution in [1.29, 1.82) is 0 Å². The van der Waals surface area contributed by atoms with Crippen molar-refractivity contribution in [2.45, 2.75) is 32.7 Å². The van der Waals surface area contributed by atoms with Crippen LogP contribution in [-0.4, -0.2) is 5.91 Å². The number of hydrogen-bond acceptors (Lipinski definition) is 2. The van der Waals surface area contributed by atoms with Crippen molar-refractivity contribution >= 4 is 24.0 Å². The lowest BCUT2D eigenvalue weighted by atomic mass is 10.0. The maximum Gasteiger partial charge on any atom is 0.221 e. The molecule has 4 heteroatoms. The predicted octanol–water partition coefficient (Wildman–Crippen LogP) is 2.87. The third kappa shape index (κ3) is 4.64. The van der Waals surface area contributed by atoms with Crippen LogP contribution in [-0.2, 0) is 4.79 Å². The van der Waals surface area contributed by atoms with Gasteiger partial charge in [-0.15, -0.1) is 12.4 Å². The van der Waals surface area contributed by atoms with Crippen molar-refractivity contribution in [2.24, 2.45) is 5.73 Å². The van der Waals surface area contributed by atoms with Gasteiger partial charge >= 0.3 is 0 Å². The van der Waals surface area contributed by atoms with Gasteiger partial charge in [-0.1, -0.05) is 25.5 Å². The fraction of sp³-hybridized carbons (Fsp3) is 0.417. The van der Waals surface area contributed by atoms with Crippen LogP contribution in [0, 0.1) is 0 Å². The quantitative estimate of drug-likeness (QED) is 0.853. The minimum absolute atomic E-state index is 0. The molecule has 0 spiro atoms. The van der Waals surface area contributed by atoms with Gasteiger partial charge in [-0.25, -0.2) is 0 Å². The lowest BCUT2D eigenvalue weighted by Gasteiger charge is -2.11. The van der Waals surface area contributed by atoms with Gasteiger partial charge in [0.25, 0.3) is 0 Å². The number of carbonyl (C=O) groups is 1. The molecule has 1 amide bonds. The maximum atomic E-state index is 10.8. The standard InChI is InChI=1S/C12H18N2O.ClH/c1-3-4-12(13)10-5-7-11(8-6-10)14-9(2)15;/h5-8,12H,3-4,13H2,1-2H3,(H,14,15);1H/t12-;/m0./s1. The summed E-state index contributed by atoms with van der Waals surface area (Å²) in [6, 6.07) is 7.79. The van der Waals surface area contributed by atoms with E-state index in [-0.39, 0.29) is 24.4 Å². The molecule has 16 heavy (non-hydrogen) atoms. The first-order valence-corrected chi connectivity index (χ1v) is 5.26. The van der Waals surface area contributed by atoms with E-state index < -0.39 is 0 Å². The van der Waals surface area contributed by atoms with Gasteiger partial charge in [0.2, 0.25) is 5.91 Å². The number of nitrogens with two attached hydrogens (primary N) is 1. The Bertz CT molecular complexity index is 324. The summed E-state index contributed by atoms with van der Waals surface area (Å²) in [7, 11) is 0. The number of halogens is 1. The molecule has 1 aromatic rings. The second kappa shape index (κ2) is 7.25. The number of nitrogens with one attached hydrogen (secondary N) is 1. The molecule has 1 aromatic carbocycles. The van der Waals surface area contributed by atoms with E-state index in [9.17, 15) is 4.79 Å². The van der Waals surface area contributed by atoms with Crippen LogP contribution in [0.4, 0.5) is 5.69 Å². The Labute approximate surface area is 103 Å². The van der Waals surface area contributed by atoms with E-state index in [0.29, 0.717) is 0 Å². The Morgan fingerprint density at radius 1 is 1.38 bits per heavy atom. The third-order valence-corrected chi connectivity index (χ3v) is 2.26. The van der Waals surface area contributed by atoms with Gasteiger partial charge < -0.3 is 11.1 Å². The number of hydrogen-bond donors (Lipinski definition) is 2. The molecule has 0 saturated carbocycles. The van der Waals surface area contributed by atoms with Crippen LogP contribution in [0.2, 0.25) is 0 Å². The Morgan fingerprint density at radius 2 is 1.94 bits per heavy atom. The number of amides is 1. The number of benzene rings is 1. The van der Waals surface area contributed by atoms with Gasteiger partial charge in [0.15, 0.2) is 0 Å². The van der Waals surface area contributed by atoms with Crippen molar-refractivity contribution in [3.05, 3.63) is 29.8 Å². The molecule has 0 aliphatic carbocycles. The van der Waals surface area contributed by atoms with Crippen LogP contribution in [0.15, 0.2) is 24.3 Å². The molecule has 0 radical (unpaired) electrons. The highest BCUT2D eigenvalue weighted by Gasteiger charge is 2.04. The van der Waals surface area contributed by atoms with E-state index in [2.05, 4.69) is 12.2 Å². The molecule has 3 N–H and O–H groups in total. The summed E-state index contributed by atoms with van der Waals surface area (Å²) in [5.74, 6) is -0.0550. The predicted molar refractivity (Wildman–Crippen MR) is 69.8 cm³/mol. The van der Waals surface area contributed by atoms with E-state index in [0.717, 1.165) is 24.1 Å². The average molecular weight is 243 g/mol. The zero-order chi connectivity index (χ0) is 11.3. The van der Waals surface area contributed by atoms with Gasteiger partial charge in [0.1, 0.15) is 0 Å². The fourth-order valence-corrected chi connectivity index (χ4v) is 1.49. The molecule has 0 fully saturated rings. The van der Waals surface area contributed by atoms with E-state index in [1.54, 1.807) is 0 Å². The van der Waals surface area contributed by atoms with E-state index >= 15 is 0 Å². The normalized spacial score (nSPS) is 11.4. The molecule has 0 unspecified atom stereocenters. The van der Waals surface area contributed by atoms with Crippen molar-refractivity contribution < 1.29 is 4.79 Å². The van der Waals surface area contributed by atoms with Crippen LogP contribution in [0.25, 0.3) is 0 Å². The highest BCUT2D eigenvalue weighted by atomic mass is 35.5. The lowest BCUT2D eigenvalue weighted by Crippen LogP contribution is -2.10. The second-order valence-electron chi connectivity index (χ2n) is 3.70. The molecule has 0 heterocycles. The molecule has 0 aromatic heterocycles. The number of rotatable bonds is 4. The lowest BCUT2D eigenvalue weighted by molar-refractivity contribution is -0.114. The van der Waals surface area contributed by atoms with E-state index in [1.165, 1.54) is 6.92 Å². The highest BCUT2D eigenvalue weighted by molar-refractivity contribution is 5.88. The van der Waals surface area contributed by atoms with Crippen molar-refractivity contribution in [3.63, 3.8) is 0 Å². The second-order valence-corrected chi connectivity index (χ2v) is 3.70. The Morgan fingerprint density at radius 3 is 2.38 bits per heavy atom. The van der Waals surface area contributed by atoms with Crippen molar-refractivity contribution in [3.8, 4) is 0 Å². The molecule has 0 aliphatic rings. The van der Waals surface area contributed by atoms with Crippen LogP contribution in [0.5, 0.6) is 0 Å². The summed E-state index contributed by atoms with van der Waals surface area (Å²) < 4.78 is 0. The molecule has 0 aliphatic heterocycles. The molecule has 0 saturated heterocycles. The van der Waals surface area contributed by atoms with Crippen molar-refractivity contribution in [2.75, 3.05) is 5.32 Å². The van der Waals surface area contributed by atoms with E-state index in [4.69, 9.17) is 5.73 Å². The molecule has 1 rings (SSSR count). The Kier molecular flexibility index (Phi) is 6.77. The Hall–Kier alpha value is -1.06. The first-order valence-electron chi connectivity index (χ1n) is 5.26. The minimum atomic E-state index is -0.0550. The number of anilines is 1. The first-order chi connectivity index (χ1) is 7.13. The maximum absolute atomic E-state index is 10.8. The molecule has 3 nitrogen and oxygen atoms in total. The summed E-state index contributed by atoms with van der Waals surface area (Å²) in [4.78, 5) is 10.8. The summed E-state index contributed by atoms with van der Waals surface area (Å²) in [6.45, 7) is 3.61. The average Bonchev–Trinajstić information content (AvgIpc) is 2.18.